The zero-order valence-electron chi connectivity index (χ0n) is 18.2. The number of phenols is 1. The monoisotopic (exact) mass is 428 g/mol. The fourth-order valence-electron chi connectivity index (χ4n) is 4.16. The summed E-state index contributed by atoms with van der Waals surface area (Å²) >= 11 is 0. The molecule has 1 saturated heterocycles. The molecule has 32 heavy (non-hydrogen) atoms. The lowest BCUT2D eigenvalue weighted by Crippen LogP contribution is -2.49. The van der Waals surface area contributed by atoms with Crippen molar-refractivity contribution in [2.45, 2.75) is 6.04 Å². The number of carbonyl (C=O) groups is 1. The normalized spacial score (nSPS) is 14.8. The second kappa shape index (κ2) is 10.2. The van der Waals surface area contributed by atoms with Crippen LogP contribution < -0.4 is 4.74 Å². The molecule has 1 heterocycles. The average molecular weight is 429 g/mol. The van der Waals surface area contributed by atoms with Crippen LogP contribution in [0.25, 0.3) is 6.08 Å². The van der Waals surface area contributed by atoms with Crippen LogP contribution in [0.5, 0.6) is 11.5 Å². The van der Waals surface area contributed by atoms with Gasteiger partial charge in [0, 0.05) is 32.3 Å². The van der Waals surface area contributed by atoms with E-state index in [-0.39, 0.29) is 17.7 Å². The van der Waals surface area contributed by atoms with Crippen molar-refractivity contribution in [3.05, 3.63) is 102 Å². The Kier molecular flexibility index (Phi) is 6.87. The molecule has 3 aromatic rings. The lowest BCUT2D eigenvalue weighted by Gasteiger charge is -2.39. The highest BCUT2D eigenvalue weighted by atomic mass is 16.5. The summed E-state index contributed by atoms with van der Waals surface area (Å²) < 4.78 is 5.13. The lowest BCUT2D eigenvalue weighted by atomic mass is 9.96. The minimum atomic E-state index is -0.00679. The van der Waals surface area contributed by atoms with Gasteiger partial charge in [0.15, 0.2) is 11.5 Å². The Morgan fingerprint density at radius 1 is 0.906 bits per heavy atom. The predicted molar refractivity (Wildman–Crippen MR) is 127 cm³/mol. The molecule has 1 amide bonds. The van der Waals surface area contributed by atoms with Gasteiger partial charge in [-0.1, -0.05) is 66.7 Å². The molecular weight excluding hydrogens is 400 g/mol. The summed E-state index contributed by atoms with van der Waals surface area (Å²) in [4.78, 5) is 17.1. The standard InChI is InChI=1S/C27H28N2O3/c1-32-25-20-21(12-14-24(25)30)13-15-26(31)28-16-18-29(19-17-28)27(22-8-4-2-5-9-22)23-10-6-3-7-11-23/h2-15,20,27,30H,16-19H2,1H3. The number of carbonyl (C=O) groups excluding carboxylic acids is 1. The first-order valence-corrected chi connectivity index (χ1v) is 10.8. The van der Waals surface area contributed by atoms with Crippen molar-refractivity contribution in [2.75, 3.05) is 33.3 Å². The van der Waals surface area contributed by atoms with Gasteiger partial charge in [0.25, 0.3) is 0 Å². The molecule has 1 N–H and O–H groups in total. The number of benzene rings is 3. The van der Waals surface area contributed by atoms with E-state index in [1.54, 1.807) is 30.4 Å². The molecule has 5 nitrogen and oxygen atoms in total. The third-order valence-electron chi connectivity index (χ3n) is 5.84. The van der Waals surface area contributed by atoms with Crippen molar-refractivity contribution in [3.8, 4) is 11.5 Å². The fourth-order valence-corrected chi connectivity index (χ4v) is 4.16. The molecule has 1 aliphatic heterocycles. The quantitative estimate of drug-likeness (QED) is 0.593. The van der Waals surface area contributed by atoms with Crippen molar-refractivity contribution in [1.29, 1.82) is 0 Å². The highest BCUT2D eigenvalue weighted by Gasteiger charge is 2.27. The molecule has 3 aromatic carbocycles. The van der Waals surface area contributed by atoms with Crippen molar-refractivity contribution in [1.82, 2.24) is 9.80 Å². The molecule has 0 saturated carbocycles. The molecule has 0 unspecified atom stereocenters. The van der Waals surface area contributed by atoms with Crippen LogP contribution in [0.3, 0.4) is 0 Å². The average Bonchev–Trinajstić information content (AvgIpc) is 2.85. The molecule has 5 heteroatoms. The van der Waals surface area contributed by atoms with E-state index in [9.17, 15) is 9.90 Å². The number of hydrogen-bond acceptors (Lipinski definition) is 4. The van der Waals surface area contributed by atoms with Crippen molar-refractivity contribution < 1.29 is 14.6 Å². The van der Waals surface area contributed by atoms with E-state index in [0.29, 0.717) is 18.8 Å². The summed E-state index contributed by atoms with van der Waals surface area (Å²) in [6.45, 7) is 2.97. The van der Waals surface area contributed by atoms with E-state index in [0.717, 1.165) is 18.7 Å². The Balaban J connectivity index is 1.43. The van der Waals surface area contributed by atoms with Gasteiger partial charge in [-0.3, -0.25) is 9.69 Å². The van der Waals surface area contributed by atoms with Gasteiger partial charge in [-0.25, -0.2) is 0 Å². The van der Waals surface area contributed by atoms with Crippen LogP contribution in [0.2, 0.25) is 0 Å². The minimum absolute atomic E-state index is 0.00679. The summed E-state index contributed by atoms with van der Waals surface area (Å²) in [5.41, 5.74) is 3.33. The van der Waals surface area contributed by atoms with Gasteiger partial charge in [-0.15, -0.1) is 0 Å². The van der Waals surface area contributed by atoms with Gasteiger partial charge in [-0.05, 0) is 34.9 Å². The second-order valence-electron chi connectivity index (χ2n) is 7.85. The van der Waals surface area contributed by atoms with Gasteiger partial charge in [-0.2, -0.15) is 0 Å². The highest BCUT2D eigenvalue weighted by Crippen LogP contribution is 2.30. The van der Waals surface area contributed by atoms with Crippen LogP contribution in [0, 0.1) is 0 Å². The first-order valence-electron chi connectivity index (χ1n) is 10.8. The number of rotatable bonds is 6. The maximum atomic E-state index is 12.7. The van der Waals surface area contributed by atoms with Crippen molar-refractivity contribution in [2.24, 2.45) is 0 Å². The molecule has 0 spiro atoms. The summed E-state index contributed by atoms with van der Waals surface area (Å²) in [7, 11) is 1.51. The molecule has 4 rings (SSSR count). The maximum Gasteiger partial charge on any atom is 0.246 e. The summed E-state index contributed by atoms with van der Waals surface area (Å²) in [6, 6.07) is 26.3. The molecule has 0 aliphatic carbocycles. The number of phenolic OH excluding ortho intramolecular Hbond substituents is 1. The number of methoxy groups -OCH3 is 1. The van der Waals surface area contributed by atoms with Crippen LogP contribution >= 0.6 is 0 Å². The zero-order chi connectivity index (χ0) is 22.3. The van der Waals surface area contributed by atoms with Gasteiger partial charge in [0.05, 0.1) is 13.2 Å². The summed E-state index contributed by atoms with van der Waals surface area (Å²) in [5, 5.41) is 9.72. The molecule has 1 fully saturated rings. The molecule has 0 bridgehead atoms. The smallest absolute Gasteiger partial charge is 0.246 e. The van der Waals surface area contributed by atoms with Crippen LogP contribution in [-0.4, -0.2) is 54.1 Å². The number of hydrogen-bond donors (Lipinski definition) is 1. The topological polar surface area (TPSA) is 53.0 Å². The third-order valence-corrected chi connectivity index (χ3v) is 5.84. The largest absolute Gasteiger partial charge is 0.504 e. The van der Waals surface area contributed by atoms with E-state index < -0.39 is 0 Å². The Morgan fingerprint density at radius 3 is 2.06 bits per heavy atom. The van der Waals surface area contributed by atoms with Crippen molar-refractivity contribution >= 4 is 12.0 Å². The van der Waals surface area contributed by atoms with Gasteiger partial charge < -0.3 is 14.7 Å². The molecule has 0 atom stereocenters. The van der Waals surface area contributed by atoms with E-state index in [1.807, 2.05) is 17.0 Å². The fraction of sp³-hybridized carbons (Fsp3) is 0.222. The maximum absolute atomic E-state index is 12.7. The Labute approximate surface area is 189 Å². The zero-order valence-corrected chi connectivity index (χ0v) is 18.2. The third kappa shape index (κ3) is 5.01. The van der Waals surface area contributed by atoms with Crippen LogP contribution in [0.1, 0.15) is 22.7 Å². The number of piperazine rings is 1. The Morgan fingerprint density at radius 2 is 1.50 bits per heavy atom. The number of amides is 1. The molecular formula is C27H28N2O3. The van der Waals surface area contributed by atoms with Gasteiger partial charge >= 0.3 is 0 Å². The van der Waals surface area contributed by atoms with Crippen LogP contribution in [0.4, 0.5) is 0 Å². The Hall–Kier alpha value is -3.57. The number of aromatic hydroxyl groups is 1. The van der Waals surface area contributed by atoms with Crippen molar-refractivity contribution in [3.63, 3.8) is 0 Å². The molecule has 0 aromatic heterocycles. The van der Waals surface area contributed by atoms with Crippen LogP contribution in [-0.2, 0) is 4.79 Å². The van der Waals surface area contributed by atoms with E-state index in [4.69, 9.17) is 4.74 Å². The van der Waals surface area contributed by atoms with Gasteiger partial charge in [0.2, 0.25) is 5.91 Å². The minimum Gasteiger partial charge on any atom is -0.504 e. The Bertz CT molecular complexity index is 1020. The molecule has 1 aliphatic rings. The highest BCUT2D eigenvalue weighted by molar-refractivity contribution is 5.92. The number of nitrogens with zero attached hydrogens (tertiary/aromatic N) is 2. The van der Waals surface area contributed by atoms with Gasteiger partial charge in [0.1, 0.15) is 0 Å². The predicted octanol–water partition coefficient (Wildman–Crippen LogP) is 4.35. The van der Waals surface area contributed by atoms with E-state index in [2.05, 4.69) is 53.4 Å². The SMILES string of the molecule is COc1cc(C=CC(=O)N2CCN(C(c3ccccc3)c3ccccc3)CC2)ccc1O. The van der Waals surface area contributed by atoms with Crippen LogP contribution in [0.15, 0.2) is 84.9 Å². The first-order chi connectivity index (χ1) is 15.7. The van der Waals surface area contributed by atoms with E-state index in [1.165, 1.54) is 18.2 Å². The van der Waals surface area contributed by atoms with E-state index >= 15 is 0 Å². The summed E-state index contributed by atoms with van der Waals surface area (Å²) in [5.74, 6) is 0.465. The number of ether oxygens (including phenoxy) is 1. The lowest BCUT2D eigenvalue weighted by molar-refractivity contribution is -0.127. The summed E-state index contributed by atoms with van der Waals surface area (Å²) in [6.07, 6.45) is 3.35. The first kappa shape index (κ1) is 21.7. The molecule has 0 radical (unpaired) electrons. The second-order valence-corrected chi connectivity index (χ2v) is 7.85. The molecule has 164 valence electrons.